The number of hydrogen-bond acceptors (Lipinski definition) is 1. The molecule has 0 aliphatic rings. The van der Waals surface area contributed by atoms with E-state index >= 15 is 0 Å². The highest BCUT2D eigenvalue weighted by Crippen LogP contribution is 2.33. The molecule has 86 valence electrons. The Morgan fingerprint density at radius 2 is 1.94 bits per heavy atom. The number of aromatic nitrogens is 1. The molecule has 0 bridgehead atoms. The van der Waals surface area contributed by atoms with Gasteiger partial charge in [0.1, 0.15) is 0 Å². The number of fused-ring (bicyclic) bond motifs is 1. The number of para-hydroxylation sites is 1. The van der Waals surface area contributed by atoms with Crippen molar-refractivity contribution in [2.45, 2.75) is 32.7 Å². The first kappa shape index (κ1) is 11.2. The van der Waals surface area contributed by atoms with Gasteiger partial charge >= 0.3 is 0 Å². The van der Waals surface area contributed by atoms with E-state index < -0.39 is 0 Å². The molecule has 2 N–H and O–H groups in total. The Labute approximate surface area is 97.1 Å². The Hall–Kier alpha value is -1.28. The van der Waals surface area contributed by atoms with Crippen molar-refractivity contribution in [2.75, 3.05) is 0 Å². The molecule has 1 aromatic heterocycles. The predicted octanol–water partition coefficient (Wildman–Crippen LogP) is 3.07. The molecule has 0 spiro atoms. The first-order chi connectivity index (χ1) is 7.49. The van der Waals surface area contributed by atoms with Crippen LogP contribution < -0.4 is 5.73 Å². The fourth-order valence-electron chi connectivity index (χ4n) is 2.42. The van der Waals surface area contributed by atoms with E-state index in [0.717, 1.165) is 6.42 Å². The zero-order valence-corrected chi connectivity index (χ0v) is 10.5. The molecular formula is C14H20N2. The van der Waals surface area contributed by atoms with Crippen LogP contribution in [0.3, 0.4) is 0 Å². The number of aryl methyl sites for hydroxylation is 1. The van der Waals surface area contributed by atoms with Crippen LogP contribution in [0, 0.1) is 6.92 Å². The van der Waals surface area contributed by atoms with Crippen molar-refractivity contribution in [1.82, 2.24) is 4.57 Å². The quantitative estimate of drug-likeness (QED) is 0.821. The van der Waals surface area contributed by atoms with E-state index in [1.807, 2.05) is 0 Å². The molecule has 0 fully saturated rings. The summed E-state index contributed by atoms with van der Waals surface area (Å²) in [5.74, 6) is 0. The summed E-state index contributed by atoms with van der Waals surface area (Å²) in [6, 6.07) is 8.47. The number of nitrogens with two attached hydrogens (primary N) is 1. The lowest BCUT2D eigenvalue weighted by molar-refractivity contribution is 0.476. The number of rotatable bonds is 2. The lowest BCUT2D eigenvalue weighted by Crippen LogP contribution is -2.32. The number of benzene rings is 1. The SMILES string of the molecule is CCC(C)(N)c1c(C)n(C)c2ccccc12. The van der Waals surface area contributed by atoms with Gasteiger partial charge in [0.05, 0.1) is 0 Å². The van der Waals surface area contributed by atoms with E-state index in [1.54, 1.807) is 0 Å². The topological polar surface area (TPSA) is 30.9 Å². The summed E-state index contributed by atoms with van der Waals surface area (Å²) in [7, 11) is 2.10. The van der Waals surface area contributed by atoms with E-state index in [-0.39, 0.29) is 5.54 Å². The maximum atomic E-state index is 6.40. The minimum atomic E-state index is -0.245. The third-order valence-electron chi connectivity index (χ3n) is 3.71. The second kappa shape index (κ2) is 3.63. The second-order valence-electron chi connectivity index (χ2n) is 4.81. The van der Waals surface area contributed by atoms with Crippen LogP contribution in [-0.2, 0) is 12.6 Å². The van der Waals surface area contributed by atoms with E-state index in [2.05, 4.69) is 56.7 Å². The summed E-state index contributed by atoms with van der Waals surface area (Å²) < 4.78 is 2.23. The van der Waals surface area contributed by atoms with E-state index in [1.165, 1.54) is 22.2 Å². The Balaban J connectivity index is 2.84. The van der Waals surface area contributed by atoms with Crippen molar-refractivity contribution in [2.24, 2.45) is 12.8 Å². The molecule has 1 atom stereocenters. The smallest absolute Gasteiger partial charge is 0.0483 e. The maximum Gasteiger partial charge on any atom is 0.0483 e. The standard InChI is InChI=1S/C14H20N2/c1-5-14(3,15)13-10(2)16(4)12-9-7-6-8-11(12)13/h6-9H,5,15H2,1-4H3. The highest BCUT2D eigenvalue weighted by molar-refractivity contribution is 5.86. The van der Waals surface area contributed by atoms with Crippen molar-refractivity contribution in [3.05, 3.63) is 35.5 Å². The Morgan fingerprint density at radius 3 is 2.56 bits per heavy atom. The summed E-state index contributed by atoms with van der Waals surface area (Å²) >= 11 is 0. The maximum absolute atomic E-state index is 6.40. The Bertz CT molecular complexity index is 521. The first-order valence-electron chi connectivity index (χ1n) is 5.82. The summed E-state index contributed by atoms with van der Waals surface area (Å²) in [5.41, 5.74) is 9.98. The van der Waals surface area contributed by atoms with Gasteiger partial charge in [-0.05, 0) is 26.3 Å². The molecule has 0 aliphatic heterocycles. The van der Waals surface area contributed by atoms with Gasteiger partial charge in [0.2, 0.25) is 0 Å². The minimum absolute atomic E-state index is 0.245. The molecule has 2 rings (SSSR count). The summed E-state index contributed by atoms with van der Waals surface area (Å²) in [6.45, 7) is 6.40. The zero-order valence-electron chi connectivity index (χ0n) is 10.5. The molecule has 0 saturated heterocycles. The van der Waals surface area contributed by atoms with Crippen LogP contribution in [0.4, 0.5) is 0 Å². The van der Waals surface area contributed by atoms with Crippen LogP contribution in [0.1, 0.15) is 31.5 Å². The van der Waals surface area contributed by atoms with Gasteiger partial charge in [-0.1, -0.05) is 25.1 Å². The highest BCUT2D eigenvalue weighted by Gasteiger charge is 2.26. The van der Waals surface area contributed by atoms with Gasteiger partial charge < -0.3 is 10.3 Å². The molecule has 1 unspecified atom stereocenters. The predicted molar refractivity (Wildman–Crippen MR) is 69.5 cm³/mol. The van der Waals surface area contributed by atoms with Crippen LogP contribution >= 0.6 is 0 Å². The van der Waals surface area contributed by atoms with Gasteiger partial charge in [0.25, 0.3) is 0 Å². The largest absolute Gasteiger partial charge is 0.348 e. The Morgan fingerprint density at radius 1 is 1.31 bits per heavy atom. The van der Waals surface area contributed by atoms with Crippen LogP contribution in [0.2, 0.25) is 0 Å². The fourth-order valence-corrected chi connectivity index (χ4v) is 2.42. The lowest BCUT2D eigenvalue weighted by Gasteiger charge is -2.24. The van der Waals surface area contributed by atoms with Gasteiger partial charge in [-0.3, -0.25) is 0 Å². The zero-order chi connectivity index (χ0) is 11.9. The normalized spacial score (nSPS) is 15.3. The van der Waals surface area contributed by atoms with Gasteiger partial charge in [-0.25, -0.2) is 0 Å². The average molecular weight is 216 g/mol. The van der Waals surface area contributed by atoms with Gasteiger partial charge in [0, 0.05) is 34.7 Å². The van der Waals surface area contributed by atoms with Crippen molar-refractivity contribution >= 4 is 10.9 Å². The van der Waals surface area contributed by atoms with Gasteiger partial charge in [-0.2, -0.15) is 0 Å². The summed E-state index contributed by atoms with van der Waals surface area (Å²) in [6.07, 6.45) is 0.946. The van der Waals surface area contributed by atoms with Crippen molar-refractivity contribution in [1.29, 1.82) is 0 Å². The summed E-state index contributed by atoms with van der Waals surface area (Å²) in [4.78, 5) is 0. The first-order valence-corrected chi connectivity index (χ1v) is 5.82. The Kier molecular flexibility index (Phi) is 2.55. The van der Waals surface area contributed by atoms with E-state index in [9.17, 15) is 0 Å². The summed E-state index contributed by atoms with van der Waals surface area (Å²) in [5, 5.41) is 1.29. The van der Waals surface area contributed by atoms with Crippen LogP contribution in [0.15, 0.2) is 24.3 Å². The third-order valence-corrected chi connectivity index (χ3v) is 3.71. The van der Waals surface area contributed by atoms with Crippen LogP contribution in [0.5, 0.6) is 0 Å². The lowest BCUT2D eigenvalue weighted by atomic mass is 9.88. The van der Waals surface area contributed by atoms with Crippen molar-refractivity contribution < 1.29 is 0 Å². The molecule has 1 heterocycles. The van der Waals surface area contributed by atoms with Crippen LogP contribution in [0.25, 0.3) is 10.9 Å². The molecule has 0 radical (unpaired) electrons. The monoisotopic (exact) mass is 216 g/mol. The second-order valence-corrected chi connectivity index (χ2v) is 4.81. The third kappa shape index (κ3) is 1.45. The molecular weight excluding hydrogens is 196 g/mol. The molecule has 16 heavy (non-hydrogen) atoms. The minimum Gasteiger partial charge on any atom is -0.348 e. The van der Waals surface area contributed by atoms with Crippen LogP contribution in [-0.4, -0.2) is 4.57 Å². The van der Waals surface area contributed by atoms with E-state index in [0.29, 0.717) is 0 Å². The van der Waals surface area contributed by atoms with Crippen molar-refractivity contribution in [3.63, 3.8) is 0 Å². The average Bonchev–Trinajstić information content (AvgIpc) is 2.53. The molecule has 2 nitrogen and oxygen atoms in total. The number of hydrogen-bond donors (Lipinski definition) is 1. The molecule has 1 aromatic carbocycles. The van der Waals surface area contributed by atoms with E-state index in [4.69, 9.17) is 5.73 Å². The van der Waals surface area contributed by atoms with Crippen molar-refractivity contribution in [3.8, 4) is 0 Å². The van der Waals surface area contributed by atoms with Gasteiger partial charge in [0.15, 0.2) is 0 Å². The molecule has 2 heteroatoms. The highest BCUT2D eigenvalue weighted by atomic mass is 15.0. The number of nitrogens with zero attached hydrogens (tertiary/aromatic N) is 1. The molecule has 2 aromatic rings. The van der Waals surface area contributed by atoms with Gasteiger partial charge in [-0.15, -0.1) is 0 Å². The fraction of sp³-hybridized carbons (Fsp3) is 0.429. The molecule has 0 aliphatic carbocycles. The molecule has 0 amide bonds. The molecule has 0 saturated carbocycles.